The highest BCUT2D eigenvalue weighted by Crippen LogP contribution is 2.19. The molecule has 0 radical (unpaired) electrons. The second kappa shape index (κ2) is 7.40. The zero-order valence-electron chi connectivity index (χ0n) is 12.5. The number of hydrogen-bond acceptors (Lipinski definition) is 5. The fraction of sp³-hybridized carbons (Fsp3) is 0.312. The van der Waals surface area contributed by atoms with Crippen molar-refractivity contribution in [2.24, 2.45) is 0 Å². The van der Waals surface area contributed by atoms with E-state index in [1.165, 1.54) is 0 Å². The van der Waals surface area contributed by atoms with Crippen LogP contribution >= 0.6 is 0 Å². The summed E-state index contributed by atoms with van der Waals surface area (Å²) < 4.78 is 10.1. The molecule has 0 unspecified atom stereocenters. The predicted octanol–water partition coefficient (Wildman–Crippen LogP) is 2.41. The molecule has 116 valence electrons. The van der Waals surface area contributed by atoms with Crippen LogP contribution in [-0.2, 0) is 9.53 Å². The standard InChI is InChI=1S/C16H18N2O4/c1-11(2)21-15(19)8-9-17-16(20)13-10-14(22-18-13)12-6-4-3-5-7-12/h3-7,10-11H,8-9H2,1-2H3,(H,17,20). The van der Waals surface area contributed by atoms with E-state index >= 15 is 0 Å². The number of rotatable bonds is 6. The first-order chi connectivity index (χ1) is 10.6. The lowest BCUT2D eigenvalue weighted by atomic mass is 10.1. The molecule has 1 heterocycles. The summed E-state index contributed by atoms with van der Waals surface area (Å²) in [7, 11) is 0. The fourth-order valence-electron chi connectivity index (χ4n) is 1.81. The molecule has 1 amide bonds. The van der Waals surface area contributed by atoms with Crippen molar-refractivity contribution in [3.8, 4) is 11.3 Å². The third-order valence-corrected chi connectivity index (χ3v) is 2.78. The topological polar surface area (TPSA) is 81.4 Å². The minimum atomic E-state index is -0.386. The quantitative estimate of drug-likeness (QED) is 0.829. The normalized spacial score (nSPS) is 10.5. The SMILES string of the molecule is CC(C)OC(=O)CCNC(=O)c1cc(-c2ccccc2)on1. The van der Waals surface area contributed by atoms with Gasteiger partial charge in [-0.1, -0.05) is 35.5 Å². The maximum atomic E-state index is 11.9. The summed E-state index contributed by atoms with van der Waals surface area (Å²) in [4.78, 5) is 23.3. The maximum Gasteiger partial charge on any atom is 0.307 e. The predicted molar refractivity (Wildman–Crippen MR) is 80.1 cm³/mol. The molecule has 1 N–H and O–H groups in total. The minimum absolute atomic E-state index is 0.118. The van der Waals surface area contributed by atoms with Crippen LogP contribution in [0.2, 0.25) is 0 Å². The summed E-state index contributed by atoms with van der Waals surface area (Å²) in [5, 5.41) is 6.34. The van der Waals surface area contributed by atoms with E-state index in [0.717, 1.165) is 5.56 Å². The Balaban J connectivity index is 1.86. The molecule has 0 bridgehead atoms. The Bertz CT molecular complexity index is 635. The number of benzene rings is 1. The van der Waals surface area contributed by atoms with Crippen LogP contribution in [0.1, 0.15) is 30.8 Å². The highest BCUT2D eigenvalue weighted by molar-refractivity contribution is 5.93. The van der Waals surface area contributed by atoms with E-state index in [9.17, 15) is 9.59 Å². The van der Waals surface area contributed by atoms with Gasteiger partial charge in [-0.2, -0.15) is 0 Å². The van der Waals surface area contributed by atoms with Crippen LogP contribution in [0.15, 0.2) is 40.9 Å². The van der Waals surface area contributed by atoms with Crippen LogP contribution in [0, 0.1) is 0 Å². The van der Waals surface area contributed by atoms with Gasteiger partial charge in [0, 0.05) is 18.2 Å². The van der Waals surface area contributed by atoms with E-state index in [4.69, 9.17) is 9.26 Å². The van der Waals surface area contributed by atoms with Crippen LogP contribution in [0.5, 0.6) is 0 Å². The molecular weight excluding hydrogens is 284 g/mol. The van der Waals surface area contributed by atoms with E-state index in [0.29, 0.717) is 5.76 Å². The third-order valence-electron chi connectivity index (χ3n) is 2.78. The molecule has 22 heavy (non-hydrogen) atoms. The Hall–Kier alpha value is -2.63. The maximum absolute atomic E-state index is 11.9. The Kier molecular flexibility index (Phi) is 5.30. The van der Waals surface area contributed by atoms with Gasteiger partial charge in [0.1, 0.15) is 0 Å². The molecule has 0 aliphatic carbocycles. The number of ether oxygens (including phenoxy) is 1. The largest absolute Gasteiger partial charge is 0.463 e. The monoisotopic (exact) mass is 302 g/mol. The molecule has 0 saturated heterocycles. The third kappa shape index (κ3) is 4.44. The van der Waals surface area contributed by atoms with E-state index < -0.39 is 0 Å². The molecule has 0 atom stereocenters. The first-order valence-electron chi connectivity index (χ1n) is 7.06. The molecule has 6 heteroatoms. The number of amides is 1. The summed E-state index contributed by atoms with van der Waals surface area (Å²) in [5.41, 5.74) is 1.02. The van der Waals surface area contributed by atoms with E-state index in [1.807, 2.05) is 30.3 Å². The number of hydrogen-bond donors (Lipinski definition) is 1. The molecule has 2 rings (SSSR count). The summed E-state index contributed by atoms with van der Waals surface area (Å²) in [6.45, 7) is 3.74. The Labute approximate surface area is 128 Å². The van der Waals surface area contributed by atoms with Crippen molar-refractivity contribution < 1.29 is 18.8 Å². The van der Waals surface area contributed by atoms with Gasteiger partial charge in [0.15, 0.2) is 11.5 Å². The van der Waals surface area contributed by atoms with Gasteiger partial charge in [0.2, 0.25) is 0 Å². The van der Waals surface area contributed by atoms with Crippen LogP contribution in [0.3, 0.4) is 0 Å². The van der Waals surface area contributed by atoms with Gasteiger partial charge in [0.25, 0.3) is 5.91 Å². The van der Waals surface area contributed by atoms with Gasteiger partial charge in [-0.05, 0) is 13.8 Å². The van der Waals surface area contributed by atoms with Crippen molar-refractivity contribution in [2.75, 3.05) is 6.54 Å². The van der Waals surface area contributed by atoms with Crippen LogP contribution < -0.4 is 5.32 Å². The molecule has 1 aromatic carbocycles. The lowest BCUT2D eigenvalue weighted by Gasteiger charge is -2.07. The second-order valence-corrected chi connectivity index (χ2v) is 4.99. The summed E-state index contributed by atoms with van der Waals surface area (Å²) in [6.07, 6.45) is -0.0417. The van der Waals surface area contributed by atoms with Gasteiger partial charge in [-0.3, -0.25) is 9.59 Å². The summed E-state index contributed by atoms with van der Waals surface area (Å²) in [5.74, 6) is -0.214. The first-order valence-corrected chi connectivity index (χ1v) is 7.06. The molecule has 1 aromatic heterocycles. The van der Waals surface area contributed by atoms with Crippen molar-refractivity contribution in [1.29, 1.82) is 0 Å². The molecule has 0 fully saturated rings. The second-order valence-electron chi connectivity index (χ2n) is 4.99. The fourth-order valence-corrected chi connectivity index (χ4v) is 1.81. The molecule has 0 aliphatic rings. The average Bonchev–Trinajstić information content (AvgIpc) is 2.97. The molecule has 2 aromatic rings. The molecule has 0 spiro atoms. The average molecular weight is 302 g/mol. The summed E-state index contributed by atoms with van der Waals surface area (Å²) >= 11 is 0. The molecular formula is C16H18N2O4. The highest BCUT2D eigenvalue weighted by Gasteiger charge is 2.14. The molecule has 6 nitrogen and oxygen atoms in total. The lowest BCUT2D eigenvalue weighted by molar-refractivity contribution is -0.147. The highest BCUT2D eigenvalue weighted by atomic mass is 16.5. The van der Waals surface area contributed by atoms with Crippen molar-refractivity contribution in [2.45, 2.75) is 26.4 Å². The number of esters is 1. The van der Waals surface area contributed by atoms with Crippen LogP contribution in [-0.4, -0.2) is 29.7 Å². The first kappa shape index (κ1) is 15.8. The minimum Gasteiger partial charge on any atom is -0.463 e. The zero-order chi connectivity index (χ0) is 15.9. The van der Waals surface area contributed by atoms with Gasteiger partial charge < -0.3 is 14.6 Å². The smallest absolute Gasteiger partial charge is 0.307 e. The lowest BCUT2D eigenvalue weighted by Crippen LogP contribution is -2.27. The van der Waals surface area contributed by atoms with Gasteiger partial charge in [-0.25, -0.2) is 0 Å². The van der Waals surface area contributed by atoms with E-state index in [-0.39, 0.29) is 36.6 Å². The zero-order valence-corrected chi connectivity index (χ0v) is 12.5. The van der Waals surface area contributed by atoms with Crippen molar-refractivity contribution in [1.82, 2.24) is 10.5 Å². The number of nitrogens with one attached hydrogen (secondary N) is 1. The molecule has 0 saturated carbocycles. The van der Waals surface area contributed by atoms with E-state index in [1.54, 1.807) is 19.9 Å². The Morgan fingerprint density at radius 3 is 2.68 bits per heavy atom. The van der Waals surface area contributed by atoms with Crippen LogP contribution in [0.25, 0.3) is 11.3 Å². The number of nitrogens with zero attached hydrogens (tertiary/aromatic N) is 1. The Morgan fingerprint density at radius 1 is 1.27 bits per heavy atom. The van der Waals surface area contributed by atoms with Crippen LogP contribution in [0.4, 0.5) is 0 Å². The Morgan fingerprint density at radius 2 is 2.00 bits per heavy atom. The number of carbonyl (C=O) groups excluding carboxylic acids is 2. The van der Waals surface area contributed by atoms with Gasteiger partial charge in [0.05, 0.1) is 12.5 Å². The molecule has 0 aliphatic heterocycles. The van der Waals surface area contributed by atoms with Gasteiger partial charge >= 0.3 is 5.97 Å². The van der Waals surface area contributed by atoms with Crippen molar-refractivity contribution in [3.63, 3.8) is 0 Å². The van der Waals surface area contributed by atoms with Crippen molar-refractivity contribution >= 4 is 11.9 Å². The number of aromatic nitrogens is 1. The number of carbonyl (C=O) groups is 2. The van der Waals surface area contributed by atoms with Crippen molar-refractivity contribution in [3.05, 3.63) is 42.1 Å². The van der Waals surface area contributed by atoms with Gasteiger partial charge in [-0.15, -0.1) is 0 Å². The summed E-state index contributed by atoms with van der Waals surface area (Å²) in [6, 6.07) is 10.9. The van der Waals surface area contributed by atoms with E-state index in [2.05, 4.69) is 10.5 Å².